The monoisotopic (exact) mass is 271 g/mol. The Morgan fingerprint density at radius 2 is 2.16 bits per heavy atom. The van der Waals surface area contributed by atoms with Crippen LogP contribution in [0.1, 0.15) is 24.5 Å². The van der Waals surface area contributed by atoms with Gasteiger partial charge in [0.15, 0.2) is 11.6 Å². The second-order valence-electron chi connectivity index (χ2n) is 4.72. The minimum atomic E-state index is -1.20. The molecule has 1 amide bonds. The van der Waals surface area contributed by atoms with Crippen molar-refractivity contribution in [3.05, 3.63) is 35.4 Å². The van der Waals surface area contributed by atoms with E-state index in [0.717, 1.165) is 6.07 Å². The molecule has 0 bridgehead atoms. The summed E-state index contributed by atoms with van der Waals surface area (Å²) in [5, 5.41) is 19.0. The number of rotatable bonds is 2. The number of amides is 1. The van der Waals surface area contributed by atoms with Crippen LogP contribution in [0.5, 0.6) is 0 Å². The molecule has 0 saturated carbocycles. The van der Waals surface area contributed by atoms with E-state index in [9.17, 15) is 18.7 Å². The molecule has 6 heteroatoms. The zero-order chi connectivity index (χ0) is 14.0. The number of aliphatic hydroxyl groups excluding tert-OH is 1. The first-order valence-corrected chi connectivity index (χ1v) is 6.10. The van der Waals surface area contributed by atoms with Crippen LogP contribution in [-0.4, -0.2) is 34.3 Å². The Bertz CT molecular complexity index is 481. The average Bonchev–Trinajstić information content (AvgIpc) is 2.41. The Morgan fingerprint density at radius 1 is 1.42 bits per heavy atom. The van der Waals surface area contributed by atoms with Gasteiger partial charge in [-0.25, -0.2) is 13.6 Å². The van der Waals surface area contributed by atoms with Crippen LogP contribution >= 0.6 is 0 Å². The van der Waals surface area contributed by atoms with Crippen LogP contribution in [0.4, 0.5) is 13.6 Å². The van der Waals surface area contributed by atoms with Crippen molar-refractivity contribution in [2.24, 2.45) is 5.92 Å². The van der Waals surface area contributed by atoms with Gasteiger partial charge in [0.05, 0.1) is 6.10 Å². The summed E-state index contributed by atoms with van der Waals surface area (Å²) in [5.41, 5.74) is -0.114. The Kier molecular flexibility index (Phi) is 3.99. The molecule has 0 aliphatic carbocycles. The van der Waals surface area contributed by atoms with Gasteiger partial charge >= 0.3 is 6.09 Å². The number of carbonyl (C=O) groups is 1. The Labute approximate surface area is 109 Å². The van der Waals surface area contributed by atoms with Crippen molar-refractivity contribution in [1.82, 2.24) is 4.90 Å². The molecule has 1 fully saturated rings. The molecule has 0 aromatic heterocycles. The maximum atomic E-state index is 13.6. The normalized spacial score (nSPS) is 21.2. The third kappa shape index (κ3) is 2.84. The molecule has 1 aromatic rings. The molecule has 0 radical (unpaired) electrons. The lowest BCUT2D eigenvalue weighted by Crippen LogP contribution is -2.41. The molecule has 19 heavy (non-hydrogen) atoms. The predicted molar refractivity (Wildman–Crippen MR) is 63.6 cm³/mol. The van der Waals surface area contributed by atoms with Crippen molar-refractivity contribution in [3.8, 4) is 0 Å². The van der Waals surface area contributed by atoms with E-state index < -0.39 is 29.7 Å². The maximum Gasteiger partial charge on any atom is 0.407 e. The number of carboxylic acid groups (broad SMARTS) is 1. The predicted octanol–water partition coefficient (Wildman–Crippen LogP) is 2.39. The number of likely N-dealkylation sites (tertiary alicyclic amines) is 1. The van der Waals surface area contributed by atoms with E-state index in [0.29, 0.717) is 19.4 Å². The zero-order valence-corrected chi connectivity index (χ0v) is 10.2. The lowest BCUT2D eigenvalue weighted by Gasteiger charge is -2.33. The number of nitrogens with zero attached hydrogens (tertiary/aromatic N) is 1. The van der Waals surface area contributed by atoms with Gasteiger partial charge in [-0.1, -0.05) is 12.1 Å². The molecule has 1 heterocycles. The van der Waals surface area contributed by atoms with Crippen molar-refractivity contribution < 1.29 is 23.8 Å². The quantitative estimate of drug-likeness (QED) is 0.868. The number of aliphatic hydroxyl groups is 1. The molecular formula is C13H15F2NO3. The lowest BCUT2D eigenvalue weighted by molar-refractivity contribution is 0.0480. The van der Waals surface area contributed by atoms with Crippen LogP contribution in [0.15, 0.2) is 18.2 Å². The summed E-state index contributed by atoms with van der Waals surface area (Å²) in [6.07, 6.45) is -1.07. The molecule has 0 spiro atoms. The first kappa shape index (κ1) is 13.7. The molecule has 2 rings (SSSR count). The van der Waals surface area contributed by atoms with E-state index in [1.165, 1.54) is 17.0 Å². The summed E-state index contributed by atoms with van der Waals surface area (Å²) in [6.45, 7) is 0.538. The highest BCUT2D eigenvalue weighted by molar-refractivity contribution is 5.65. The van der Waals surface area contributed by atoms with Gasteiger partial charge in [-0.15, -0.1) is 0 Å². The van der Waals surface area contributed by atoms with Crippen LogP contribution in [-0.2, 0) is 0 Å². The Hall–Kier alpha value is -1.69. The number of halogens is 2. The molecule has 4 nitrogen and oxygen atoms in total. The minimum absolute atomic E-state index is 0.114. The van der Waals surface area contributed by atoms with Gasteiger partial charge in [0.25, 0.3) is 0 Å². The topological polar surface area (TPSA) is 60.8 Å². The van der Waals surface area contributed by atoms with E-state index in [4.69, 9.17) is 5.11 Å². The van der Waals surface area contributed by atoms with Crippen molar-refractivity contribution in [2.75, 3.05) is 13.1 Å². The van der Waals surface area contributed by atoms with Gasteiger partial charge in [0.1, 0.15) is 0 Å². The van der Waals surface area contributed by atoms with Crippen molar-refractivity contribution in [3.63, 3.8) is 0 Å². The smallest absolute Gasteiger partial charge is 0.407 e. The maximum absolute atomic E-state index is 13.6. The van der Waals surface area contributed by atoms with Crippen LogP contribution < -0.4 is 0 Å². The largest absolute Gasteiger partial charge is 0.465 e. The molecule has 104 valence electrons. The van der Waals surface area contributed by atoms with Gasteiger partial charge in [-0.3, -0.25) is 0 Å². The fourth-order valence-corrected chi connectivity index (χ4v) is 2.44. The molecule has 1 aliphatic heterocycles. The standard InChI is InChI=1S/C13H15F2NO3/c14-10-5-1-4-9(11(10)15)12(17)8-3-2-6-16(7-8)13(18)19/h1,4-5,8,12,17H,2-3,6-7H2,(H,18,19). The summed E-state index contributed by atoms with van der Waals surface area (Å²) in [7, 11) is 0. The van der Waals surface area contributed by atoms with Crippen LogP contribution in [0.25, 0.3) is 0 Å². The molecule has 2 N–H and O–H groups in total. The van der Waals surface area contributed by atoms with Crippen LogP contribution in [0.3, 0.4) is 0 Å². The zero-order valence-electron chi connectivity index (χ0n) is 10.2. The van der Waals surface area contributed by atoms with E-state index in [-0.39, 0.29) is 12.1 Å². The van der Waals surface area contributed by atoms with E-state index in [1.807, 2.05) is 0 Å². The van der Waals surface area contributed by atoms with Gasteiger partial charge in [-0.05, 0) is 18.9 Å². The molecule has 2 unspecified atom stereocenters. The highest BCUT2D eigenvalue weighted by Crippen LogP contribution is 2.31. The first-order chi connectivity index (χ1) is 9.00. The number of benzene rings is 1. The highest BCUT2D eigenvalue weighted by Gasteiger charge is 2.30. The van der Waals surface area contributed by atoms with Crippen molar-refractivity contribution in [1.29, 1.82) is 0 Å². The van der Waals surface area contributed by atoms with Crippen LogP contribution in [0, 0.1) is 17.6 Å². The number of hydrogen-bond donors (Lipinski definition) is 2. The molecule has 1 saturated heterocycles. The van der Waals surface area contributed by atoms with Crippen LogP contribution in [0.2, 0.25) is 0 Å². The summed E-state index contributed by atoms with van der Waals surface area (Å²) < 4.78 is 26.7. The van der Waals surface area contributed by atoms with Gasteiger partial charge < -0.3 is 15.1 Å². The summed E-state index contributed by atoms with van der Waals surface area (Å²) in [4.78, 5) is 12.1. The Morgan fingerprint density at radius 3 is 2.84 bits per heavy atom. The second-order valence-corrected chi connectivity index (χ2v) is 4.72. The van der Waals surface area contributed by atoms with Gasteiger partial charge in [0.2, 0.25) is 0 Å². The van der Waals surface area contributed by atoms with E-state index >= 15 is 0 Å². The number of hydrogen-bond acceptors (Lipinski definition) is 2. The summed E-state index contributed by atoms with van der Waals surface area (Å²) in [5.74, 6) is -2.49. The number of piperidine rings is 1. The highest BCUT2D eigenvalue weighted by atomic mass is 19.2. The third-order valence-corrected chi connectivity index (χ3v) is 3.47. The molecule has 1 aromatic carbocycles. The average molecular weight is 271 g/mol. The minimum Gasteiger partial charge on any atom is -0.465 e. The second kappa shape index (κ2) is 5.52. The van der Waals surface area contributed by atoms with Gasteiger partial charge in [-0.2, -0.15) is 0 Å². The van der Waals surface area contributed by atoms with E-state index in [2.05, 4.69) is 0 Å². The van der Waals surface area contributed by atoms with E-state index in [1.54, 1.807) is 0 Å². The fraction of sp³-hybridized carbons (Fsp3) is 0.462. The van der Waals surface area contributed by atoms with Crippen molar-refractivity contribution in [2.45, 2.75) is 18.9 Å². The third-order valence-electron chi connectivity index (χ3n) is 3.47. The molecule has 1 aliphatic rings. The summed E-state index contributed by atoms with van der Waals surface area (Å²) >= 11 is 0. The van der Waals surface area contributed by atoms with Gasteiger partial charge in [0, 0.05) is 24.6 Å². The summed E-state index contributed by atoms with van der Waals surface area (Å²) in [6, 6.07) is 3.63. The Balaban J connectivity index is 2.17. The SMILES string of the molecule is O=C(O)N1CCCC(C(O)c2cccc(F)c2F)C1. The lowest BCUT2D eigenvalue weighted by atomic mass is 9.88. The first-order valence-electron chi connectivity index (χ1n) is 6.10. The molecular weight excluding hydrogens is 256 g/mol. The van der Waals surface area contributed by atoms with Crippen molar-refractivity contribution >= 4 is 6.09 Å². The molecule has 2 atom stereocenters. The fourth-order valence-electron chi connectivity index (χ4n) is 2.44.